The van der Waals surface area contributed by atoms with E-state index in [0.29, 0.717) is 29.3 Å². The standard InChI is InChI=1S/C23H23N3O5/c1-4-25-12-11-20(24-25)22(27)9-5-17-6-10-23(30-3)18(14-17)15-31-19-7-8-21(26(28)29)16(2)13-19/h5-14H,4,15H2,1-3H3/b9-5+. The SMILES string of the molecule is CCn1ccc(C(=O)/C=C/c2ccc(OC)c(COc3ccc([N+](=O)[O-])c(C)c3)c2)n1. The van der Waals surface area contributed by atoms with Gasteiger partial charge in [0, 0.05) is 29.9 Å². The maximum atomic E-state index is 12.3. The first-order chi connectivity index (χ1) is 14.9. The summed E-state index contributed by atoms with van der Waals surface area (Å²) < 4.78 is 12.9. The van der Waals surface area contributed by atoms with E-state index in [9.17, 15) is 14.9 Å². The summed E-state index contributed by atoms with van der Waals surface area (Å²) in [7, 11) is 1.57. The van der Waals surface area contributed by atoms with Gasteiger partial charge in [0.1, 0.15) is 23.8 Å². The molecule has 2 aromatic carbocycles. The molecule has 8 nitrogen and oxygen atoms in total. The van der Waals surface area contributed by atoms with E-state index >= 15 is 0 Å². The summed E-state index contributed by atoms with van der Waals surface area (Å²) in [4.78, 5) is 22.9. The predicted octanol–water partition coefficient (Wildman–Crippen LogP) is 4.60. The number of carbonyl (C=O) groups excluding carboxylic acids is 1. The molecule has 0 fully saturated rings. The fourth-order valence-corrected chi connectivity index (χ4v) is 3.03. The third kappa shape index (κ3) is 5.36. The highest BCUT2D eigenvalue weighted by Gasteiger charge is 2.12. The number of nitrogens with zero attached hydrogens (tertiary/aromatic N) is 3. The van der Waals surface area contributed by atoms with Gasteiger partial charge in [-0.15, -0.1) is 0 Å². The van der Waals surface area contributed by atoms with Crippen molar-refractivity contribution in [3.63, 3.8) is 0 Å². The zero-order valence-corrected chi connectivity index (χ0v) is 17.6. The van der Waals surface area contributed by atoms with Crippen LogP contribution < -0.4 is 9.47 Å². The second kappa shape index (κ2) is 9.71. The van der Waals surface area contributed by atoms with Gasteiger partial charge in [0.25, 0.3) is 5.69 Å². The number of allylic oxidation sites excluding steroid dienone is 1. The molecule has 8 heteroatoms. The van der Waals surface area contributed by atoms with Crippen LogP contribution in [-0.4, -0.2) is 27.6 Å². The lowest BCUT2D eigenvalue weighted by Crippen LogP contribution is -2.01. The fraction of sp³-hybridized carbons (Fsp3) is 0.217. The van der Waals surface area contributed by atoms with Gasteiger partial charge in [-0.25, -0.2) is 0 Å². The van der Waals surface area contributed by atoms with E-state index in [1.807, 2.05) is 19.1 Å². The van der Waals surface area contributed by atoms with Crippen molar-refractivity contribution in [3.8, 4) is 11.5 Å². The number of carbonyl (C=O) groups is 1. The Morgan fingerprint density at radius 2 is 2.03 bits per heavy atom. The Bertz CT molecular complexity index is 1130. The van der Waals surface area contributed by atoms with Crippen molar-refractivity contribution in [3.05, 3.63) is 87.2 Å². The summed E-state index contributed by atoms with van der Waals surface area (Å²) >= 11 is 0. The molecule has 0 aliphatic heterocycles. The van der Waals surface area contributed by atoms with E-state index < -0.39 is 4.92 Å². The van der Waals surface area contributed by atoms with Crippen molar-refractivity contribution in [1.29, 1.82) is 0 Å². The average Bonchev–Trinajstić information content (AvgIpc) is 3.25. The van der Waals surface area contributed by atoms with Gasteiger partial charge in [0.05, 0.1) is 12.0 Å². The van der Waals surface area contributed by atoms with E-state index in [-0.39, 0.29) is 18.1 Å². The van der Waals surface area contributed by atoms with Crippen LogP contribution in [0.25, 0.3) is 6.08 Å². The third-order valence-corrected chi connectivity index (χ3v) is 4.71. The molecule has 0 bridgehead atoms. The summed E-state index contributed by atoms with van der Waals surface area (Å²) in [6.07, 6.45) is 4.96. The van der Waals surface area contributed by atoms with Crippen molar-refractivity contribution in [1.82, 2.24) is 9.78 Å². The Balaban J connectivity index is 1.73. The molecule has 3 rings (SSSR count). The van der Waals surface area contributed by atoms with Gasteiger partial charge in [-0.2, -0.15) is 5.10 Å². The smallest absolute Gasteiger partial charge is 0.272 e. The summed E-state index contributed by atoms with van der Waals surface area (Å²) in [6.45, 7) is 4.53. The summed E-state index contributed by atoms with van der Waals surface area (Å²) in [6, 6.07) is 11.8. The molecule has 0 radical (unpaired) electrons. The highest BCUT2D eigenvalue weighted by molar-refractivity contribution is 6.05. The number of hydrogen-bond acceptors (Lipinski definition) is 6. The van der Waals surface area contributed by atoms with Gasteiger partial charge in [0.15, 0.2) is 0 Å². The van der Waals surface area contributed by atoms with E-state index in [2.05, 4.69) is 5.10 Å². The van der Waals surface area contributed by atoms with Crippen molar-refractivity contribution in [2.24, 2.45) is 0 Å². The third-order valence-electron chi connectivity index (χ3n) is 4.71. The molecular weight excluding hydrogens is 398 g/mol. The summed E-state index contributed by atoms with van der Waals surface area (Å²) in [5.74, 6) is 0.985. The van der Waals surface area contributed by atoms with Gasteiger partial charge in [0.2, 0.25) is 5.78 Å². The summed E-state index contributed by atoms with van der Waals surface area (Å²) in [5, 5.41) is 15.2. The zero-order valence-electron chi connectivity index (χ0n) is 17.6. The second-order valence-corrected chi connectivity index (χ2v) is 6.82. The lowest BCUT2D eigenvalue weighted by molar-refractivity contribution is -0.385. The van der Waals surface area contributed by atoms with Crippen molar-refractivity contribution in [2.75, 3.05) is 7.11 Å². The highest BCUT2D eigenvalue weighted by atomic mass is 16.6. The molecule has 0 unspecified atom stereocenters. The van der Waals surface area contributed by atoms with Crippen molar-refractivity contribution in [2.45, 2.75) is 27.0 Å². The van der Waals surface area contributed by atoms with E-state index in [1.54, 1.807) is 55.3 Å². The number of methoxy groups -OCH3 is 1. The first kappa shape index (κ1) is 21.8. The molecular formula is C23H23N3O5. The quantitative estimate of drug-likeness (QED) is 0.217. The number of nitro benzene ring substituents is 1. The van der Waals surface area contributed by atoms with Crippen LogP contribution >= 0.6 is 0 Å². The maximum Gasteiger partial charge on any atom is 0.272 e. The first-order valence-corrected chi connectivity index (χ1v) is 9.72. The Morgan fingerprint density at radius 3 is 2.68 bits per heavy atom. The van der Waals surface area contributed by atoms with E-state index in [1.165, 1.54) is 12.1 Å². The number of nitro groups is 1. The molecule has 0 N–H and O–H groups in total. The van der Waals surface area contributed by atoms with Gasteiger partial charge in [-0.05, 0) is 55.8 Å². The van der Waals surface area contributed by atoms with Gasteiger partial charge in [-0.3, -0.25) is 19.6 Å². The number of rotatable bonds is 9. The number of hydrogen-bond donors (Lipinski definition) is 0. The van der Waals surface area contributed by atoms with Crippen LogP contribution in [0.3, 0.4) is 0 Å². The highest BCUT2D eigenvalue weighted by Crippen LogP contribution is 2.26. The van der Waals surface area contributed by atoms with Crippen LogP contribution in [0.2, 0.25) is 0 Å². The molecule has 0 aliphatic carbocycles. The predicted molar refractivity (Wildman–Crippen MR) is 116 cm³/mol. The van der Waals surface area contributed by atoms with Crippen LogP contribution in [-0.2, 0) is 13.2 Å². The Labute approximate surface area is 179 Å². The molecule has 1 heterocycles. The Morgan fingerprint density at radius 1 is 1.23 bits per heavy atom. The summed E-state index contributed by atoms with van der Waals surface area (Å²) in [5.41, 5.74) is 2.55. The normalized spacial score (nSPS) is 10.9. The Kier molecular flexibility index (Phi) is 6.81. The number of aromatic nitrogens is 2. The first-order valence-electron chi connectivity index (χ1n) is 9.72. The molecule has 31 heavy (non-hydrogen) atoms. The molecule has 0 amide bonds. The fourth-order valence-electron chi connectivity index (χ4n) is 3.03. The van der Waals surface area contributed by atoms with E-state index in [0.717, 1.165) is 11.1 Å². The molecule has 0 saturated heterocycles. The van der Waals surface area contributed by atoms with Gasteiger partial charge < -0.3 is 9.47 Å². The average molecular weight is 421 g/mol. The maximum absolute atomic E-state index is 12.3. The lowest BCUT2D eigenvalue weighted by Gasteiger charge is -2.12. The lowest BCUT2D eigenvalue weighted by atomic mass is 10.1. The molecule has 160 valence electrons. The monoisotopic (exact) mass is 421 g/mol. The number of ketones is 1. The van der Waals surface area contributed by atoms with Crippen LogP contribution in [0.1, 0.15) is 34.1 Å². The largest absolute Gasteiger partial charge is 0.496 e. The van der Waals surface area contributed by atoms with Gasteiger partial charge >= 0.3 is 0 Å². The van der Waals surface area contributed by atoms with Crippen LogP contribution in [0.4, 0.5) is 5.69 Å². The minimum absolute atomic E-state index is 0.0468. The van der Waals surface area contributed by atoms with Gasteiger partial charge in [-0.1, -0.05) is 12.1 Å². The number of ether oxygens (including phenoxy) is 2. The Hall–Kier alpha value is -3.94. The number of benzene rings is 2. The molecule has 0 spiro atoms. The van der Waals surface area contributed by atoms with Crippen molar-refractivity contribution >= 4 is 17.5 Å². The minimum atomic E-state index is -0.425. The van der Waals surface area contributed by atoms with Crippen LogP contribution in [0.5, 0.6) is 11.5 Å². The molecule has 3 aromatic rings. The van der Waals surface area contributed by atoms with E-state index in [4.69, 9.17) is 9.47 Å². The molecule has 1 aromatic heterocycles. The number of aryl methyl sites for hydroxylation is 2. The zero-order chi connectivity index (χ0) is 22.4. The minimum Gasteiger partial charge on any atom is -0.496 e. The van der Waals surface area contributed by atoms with Crippen LogP contribution in [0, 0.1) is 17.0 Å². The molecule has 0 saturated carbocycles. The van der Waals surface area contributed by atoms with Crippen LogP contribution in [0.15, 0.2) is 54.7 Å². The molecule has 0 atom stereocenters. The van der Waals surface area contributed by atoms with Crippen molar-refractivity contribution < 1.29 is 19.2 Å². The topological polar surface area (TPSA) is 96.5 Å². The molecule has 0 aliphatic rings. The second-order valence-electron chi connectivity index (χ2n) is 6.82.